The highest BCUT2D eigenvalue weighted by molar-refractivity contribution is 5.95. The maximum atomic E-state index is 13.4. The summed E-state index contributed by atoms with van der Waals surface area (Å²) in [4.78, 5) is 15.8. The van der Waals surface area contributed by atoms with Gasteiger partial charge in [-0.3, -0.25) is 9.78 Å². The number of rotatable bonds is 3. The number of hydrogen-bond acceptors (Lipinski definition) is 2. The van der Waals surface area contributed by atoms with Gasteiger partial charge in [0.15, 0.2) is 5.78 Å². The van der Waals surface area contributed by atoms with E-state index >= 15 is 0 Å². The van der Waals surface area contributed by atoms with Crippen LogP contribution in [0.15, 0.2) is 36.5 Å². The predicted octanol–water partition coefficient (Wildman–Crippen LogP) is 3.09. The molecule has 0 amide bonds. The molecule has 0 saturated heterocycles. The van der Waals surface area contributed by atoms with E-state index in [9.17, 15) is 13.6 Å². The minimum absolute atomic E-state index is 0.0447. The zero-order chi connectivity index (χ0) is 13.1. The summed E-state index contributed by atoms with van der Waals surface area (Å²) in [5, 5.41) is 0. The van der Waals surface area contributed by atoms with Gasteiger partial charge in [0.1, 0.15) is 17.3 Å². The fourth-order valence-corrected chi connectivity index (χ4v) is 1.63. The van der Waals surface area contributed by atoms with E-state index in [2.05, 4.69) is 4.98 Å². The van der Waals surface area contributed by atoms with E-state index in [0.717, 1.165) is 23.8 Å². The first-order chi connectivity index (χ1) is 8.56. The monoisotopic (exact) mass is 247 g/mol. The second-order valence-electron chi connectivity index (χ2n) is 4.05. The van der Waals surface area contributed by atoms with Gasteiger partial charge in [-0.1, -0.05) is 0 Å². The highest BCUT2D eigenvalue weighted by Gasteiger charge is 2.12. The zero-order valence-electron chi connectivity index (χ0n) is 9.78. The lowest BCUT2D eigenvalue weighted by Gasteiger charge is -2.03. The number of benzene rings is 1. The smallest absolute Gasteiger partial charge is 0.185 e. The second-order valence-corrected chi connectivity index (χ2v) is 4.05. The van der Waals surface area contributed by atoms with Crippen LogP contribution in [0.3, 0.4) is 0 Å². The molecular formula is C14H11F2NO. The van der Waals surface area contributed by atoms with Crippen LogP contribution < -0.4 is 0 Å². The summed E-state index contributed by atoms with van der Waals surface area (Å²) in [6, 6.07) is 6.46. The summed E-state index contributed by atoms with van der Waals surface area (Å²) in [5.74, 6) is -1.47. The van der Waals surface area contributed by atoms with Gasteiger partial charge in [0.2, 0.25) is 0 Å². The van der Waals surface area contributed by atoms with Crippen LogP contribution in [-0.4, -0.2) is 10.8 Å². The molecule has 1 heterocycles. The Morgan fingerprint density at radius 3 is 2.72 bits per heavy atom. The lowest BCUT2D eigenvalue weighted by Crippen LogP contribution is -2.07. The minimum atomic E-state index is -0.586. The van der Waals surface area contributed by atoms with Gasteiger partial charge in [0.05, 0.1) is 0 Å². The number of hydrogen-bond donors (Lipinski definition) is 0. The first-order valence-electron chi connectivity index (χ1n) is 5.46. The summed E-state index contributed by atoms with van der Waals surface area (Å²) in [6.45, 7) is 1.83. The third-order valence-corrected chi connectivity index (χ3v) is 2.56. The Bertz CT molecular complexity index is 596. The summed E-state index contributed by atoms with van der Waals surface area (Å²) in [5.41, 5.74) is 1.20. The molecule has 0 unspecified atom stereocenters. The van der Waals surface area contributed by atoms with E-state index in [1.54, 1.807) is 12.1 Å². The van der Waals surface area contributed by atoms with Crippen LogP contribution >= 0.6 is 0 Å². The molecule has 0 saturated carbocycles. The SMILES string of the molecule is Cc1ccnc(C(=O)Cc2cc(F)ccc2F)c1. The van der Waals surface area contributed by atoms with Crippen LogP contribution in [0, 0.1) is 18.6 Å². The average molecular weight is 247 g/mol. The summed E-state index contributed by atoms with van der Waals surface area (Å²) < 4.78 is 26.4. The van der Waals surface area contributed by atoms with Crippen molar-refractivity contribution in [1.82, 2.24) is 4.98 Å². The van der Waals surface area contributed by atoms with Crippen molar-refractivity contribution in [2.45, 2.75) is 13.3 Å². The Hall–Kier alpha value is -2.10. The largest absolute Gasteiger partial charge is 0.292 e. The van der Waals surface area contributed by atoms with Crippen LogP contribution in [-0.2, 0) is 6.42 Å². The topological polar surface area (TPSA) is 30.0 Å². The molecule has 92 valence electrons. The van der Waals surface area contributed by atoms with Crippen molar-refractivity contribution in [2.24, 2.45) is 0 Å². The maximum absolute atomic E-state index is 13.4. The Kier molecular flexibility index (Phi) is 3.46. The van der Waals surface area contributed by atoms with Crippen molar-refractivity contribution in [3.8, 4) is 0 Å². The van der Waals surface area contributed by atoms with Gasteiger partial charge >= 0.3 is 0 Å². The molecule has 0 N–H and O–H groups in total. The summed E-state index contributed by atoms with van der Waals surface area (Å²) in [6.07, 6.45) is 1.32. The first kappa shape index (κ1) is 12.4. The molecular weight excluding hydrogens is 236 g/mol. The van der Waals surface area contributed by atoms with Crippen LogP contribution in [0.1, 0.15) is 21.6 Å². The molecule has 0 aliphatic carbocycles. The number of carbonyl (C=O) groups excluding carboxylic acids is 1. The van der Waals surface area contributed by atoms with Crippen LogP contribution in [0.5, 0.6) is 0 Å². The minimum Gasteiger partial charge on any atom is -0.292 e. The molecule has 18 heavy (non-hydrogen) atoms. The quantitative estimate of drug-likeness (QED) is 0.780. The standard InChI is InChI=1S/C14H11F2NO/c1-9-4-5-17-13(6-9)14(18)8-10-7-11(15)2-3-12(10)16/h2-7H,8H2,1H3. The van der Waals surface area contributed by atoms with Crippen molar-refractivity contribution in [2.75, 3.05) is 0 Å². The van der Waals surface area contributed by atoms with E-state index < -0.39 is 11.6 Å². The molecule has 2 nitrogen and oxygen atoms in total. The third kappa shape index (κ3) is 2.77. The van der Waals surface area contributed by atoms with Crippen LogP contribution in [0.4, 0.5) is 8.78 Å². The number of pyridine rings is 1. The number of Topliss-reactive ketones (excluding diaryl/α,β-unsaturated/α-hetero) is 1. The normalized spacial score (nSPS) is 10.4. The zero-order valence-corrected chi connectivity index (χ0v) is 9.78. The molecule has 1 aromatic carbocycles. The maximum Gasteiger partial charge on any atom is 0.185 e. The van der Waals surface area contributed by atoms with Crippen molar-refractivity contribution in [3.05, 3.63) is 65.0 Å². The number of halogens is 2. The van der Waals surface area contributed by atoms with Gasteiger partial charge in [0, 0.05) is 12.6 Å². The molecule has 0 atom stereocenters. The first-order valence-corrected chi connectivity index (χ1v) is 5.46. The average Bonchev–Trinajstić information content (AvgIpc) is 2.34. The molecule has 2 rings (SSSR count). The second kappa shape index (κ2) is 5.04. The molecule has 2 aromatic rings. The van der Waals surface area contributed by atoms with E-state index in [1.807, 2.05) is 6.92 Å². The van der Waals surface area contributed by atoms with Gasteiger partial charge in [-0.25, -0.2) is 8.78 Å². The highest BCUT2D eigenvalue weighted by atomic mass is 19.1. The number of ketones is 1. The van der Waals surface area contributed by atoms with Crippen molar-refractivity contribution in [3.63, 3.8) is 0 Å². The Labute approximate surface area is 103 Å². The highest BCUT2D eigenvalue weighted by Crippen LogP contribution is 2.13. The van der Waals surface area contributed by atoms with Gasteiger partial charge < -0.3 is 0 Å². The van der Waals surface area contributed by atoms with Gasteiger partial charge in [-0.15, -0.1) is 0 Å². The lowest BCUT2D eigenvalue weighted by molar-refractivity contribution is 0.0987. The molecule has 0 radical (unpaired) electrons. The molecule has 0 aliphatic heterocycles. The van der Waals surface area contributed by atoms with Crippen molar-refractivity contribution >= 4 is 5.78 Å². The van der Waals surface area contributed by atoms with E-state index in [0.29, 0.717) is 0 Å². The molecule has 1 aromatic heterocycles. The van der Waals surface area contributed by atoms with Crippen molar-refractivity contribution < 1.29 is 13.6 Å². The Morgan fingerprint density at radius 2 is 2.00 bits per heavy atom. The van der Waals surface area contributed by atoms with E-state index in [4.69, 9.17) is 0 Å². The van der Waals surface area contributed by atoms with Gasteiger partial charge in [-0.2, -0.15) is 0 Å². The lowest BCUT2D eigenvalue weighted by atomic mass is 10.1. The van der Waals surface area contributed by atoms with E-state index in [1.165, 1.54) is 6.20 Å². The summed E-state index contributed by atoms with van der Waals surface area (Å²) >= 11 is 0. The molecule has 0 bridgehead atoms. The number of aromatic nitrogens is 1. The van der Waals surface area contributed by atoms with Gasteiger partial charge in [-0.05, 0) is 48.4 Å². The Morgan fingerprint density at radius 1 is 1.22 bits per heavy atom. The van der Waals surface area contributed by atoms with Crippen LogP contribution in [0.25, 0.3) is 0 Å². The number of nitrogens with zero attached hydrogens (tertiary/aromatic N) is 1. The number of carbonyl (C=O) groups is 1. The van der Waals surface area contributed by atoms with Gasteiger partial charge in [0.25, 0.3) is 0 Å². The fourth-order valence-electron chi connectivity index (χ4n) is 1.63. The molecule has 0 spiro atoms. The predicted molar refractivity (Wildman–Crippen MR) is 63.4 cm³/mol. The van der Waals surface area contributed by atoms with Crippen molar-refractivity contribution in [1.29, 1.82) is 0 Å². The summed E-state index contributed by atoms with van der Waals surface area (Å²) in [7, 11) is 0. The molecule has 0 aliphatic rings. The third-order valence-electron chi connectivity index (χ3n) is 2.56. The number of aryl methyl sites for hydroxylation is 1. The molecule has 0 fully saturated rings. The Balaban J connectivity index is 2.24. The molecule has 4 heteroatoms. The van der Waals surface area contributed by atoms with Crippen LogP contribution in [0.2, 0.25) is 0 Å². The fraction of sp³-hybridized carbons (Fsp3) is 0.143. The van der Waals surface area contributed by atoms with E-state index in [-0.39, 0.29) is 23.5 Å².